The summed E-state index contributed by atoms with van der Waals surface area (Å²) < 4.78 is 32.4. The molecule has 1 atom stereocenters. The highest BCUT2D eigenvalue weighted by Crippen LogP contribution is 2.31. The third-order valence-corrected chi connectivity index (χ3v) is 5.68. The first-order valence-corrected chi connectivity index (χ1v) is 8.07. The molecule has 1 heterocycles. The number of rotatable bonds is 3. The van der Waals surface area contributed by atoms with Gasteiger partial charge in [0.05, 0.1) is 7.11 Å². The van der Waals surface area contributed by atoms with Gasteiger partial charge in [-0.05, 0) is 44.4 Å². The minimum atomic E-state index is -3.47. The topological polar surface area (TPSA) is 46.6 Å². The van der Waals surface area contributed by atoms with Gasteiger partial charge in [-0.2, -0.15) is 4.31 Å². The van der Waals surface area contributed by atoms with E-state index in [1.807, 2.05) is 19.9 Å². The Hall–Kier alpha value is -1.07. The number of nitrogens with zero attached hydrogens (tertiary/aromatic N) is 1. The zero-order valence-electron chi connectivity index (χ0n) is 11.7. The molecule has 0 amide bonds. The fourth-order valence-electron chi connectivity index (χ4n) is 2.54. The van der Waals surface area contributed by atoms with E-state index < -0.39 is 10.0 Å². The van der Waals surface area contributed by atoms with Crippen LogP contribution in [0.5, 0.6) is 5.75 Å². The van der Waals surface area contributed by atoms with E-state index >= 15 is 0 Å². The lowest BCUT2D eigenvalue weighted by Crippen LogP contribution is -2.42. The maximum atomic E-state index is 12.8. The lowest BCUT2D eigenvalue weighted by molar-refractivity contribution is 0.267. The first-order valence-electron chi connectivity index (χ1n) is 6.63. The summed E-state index contributed by atoms with van der Waals surface area (Å²) in [6.45, 7) is 4.46. The Morgan fingerprint density at radius 2 is 2.05 bits per heavy atom. The van der Waals surface area contributed by atoms with Gasteiger partial charge in [-0.15, -0.1) is 0 Å². The normalized spacial score (nSPS) is 21.3. The number of hydrogen-bond acceptors (Lipinski definition) is 3. The molecule has 1 aliphatic heterocycles. The van der Waals surface area contributed by atoms with Crippen molar-refractivity contribution in [2.24, 2.45) is 0 Å². The second-order valence-corrected chi connectivity index (χ2v) is 6.97. The Bertz CT molecular complexity index is 554. The van der Waals surface area contributed by atoms with Crippen LogP contribution in [0.25, 0.3) is 0 Å². The lowest BCUT2D eigenvalue weighted by atomic mass is 10.1. The van der Waals surface area contributed by atoms with Crippen LogP contribution in [0.15, 0.2) is 23.1 Å². The van der Waals surface area contributed by atoms with Crippen LogP contribution in [0.1, 0.15) is 31.7 Å². The zero-order valence-corrected chi connectivity index (χ0v) is 12.5. The molecular weight excluding hydrogens is 262 g/mol. The van der Waals surface area contributed by atoms with Gasteiger partial charge in [-0.25, -0.2) is 8.42 Å². The Balaban J connectivity index is 2.46. The van der Waals surface area contributed by atoms with Crippen molar-refractivity contribution in [2.75, 3.05) is 13.7 Å². The molecule has 0 N–H and O–H groups in total. The molecule has 1 aliphatic rings. The van der Waals surface area contributed by atoms with E-state index in [2.05, 4.69) is 0 Å². The van der Waals surface area contributed by atoms with Crippen LogP contribution in [0, 0.1) is 6.92 Å². The van der Waals surface area contributed by atoms with Gasteiger partial charge in [0.15, 0.2) is 0 Å². The highest BCUT2D eigenvalue weighted by molar-refractivity contribution is 7.89. The van der Waals surface area contributed by atoms with E-state index in [1.165, 1.54) is 7.11 Å². The fourth-order valence-corrected chi connectivity index (χ4v) is 4.48. The zero-order chi connectivity index (χ0) is 14.0. The summed E-state index contributed by atoms with van der Waals surface area (Å²) in [6.07, 6.45) is 2.95. The molecule has 1 saturated heterocycles. The van der Waals surface area contributed by atoms with Gasteiger partial charge >= 0.3 is 0 Å². The SMILES string of the molecule is COc1ccc(C)cc1S(=O)(=O)N1CCCC[C@@H]1C. The standard InChI is InChI=1S/C14H21NO3S/c1-11-7-8-13(18-3)14(10-11)19(16,17)15-9-5-4-6-12(15)2/h7-8,10,12H,4-6,9H2,1-3H3/t12-/m0/s1. The molecule has 0 unspecified atom stereocenters. The maximum Gasteiger partial charge on any atom is 0.247 e. The van der Waals surface area contributed by atoms with E-state index in [4.69, 9.17) is 4.74 Å². The predicted molar refractivity (Wildman–Crippen MR) is 74.9 cm³/mol. The van der Waals surface area contributed by atoms with Crippen molar-refractivity contribution in [3.63, 3.8) is 0 Å². The number of methoxy groups -OCH3 is 1. The fraction of sp³-hybridized carbons (Fsp3) is 0.571. The molecule has 0 radical (unpaired) electrons. The van der Waals surface area contributed by atoms with Gasteiger partial charge in [0, 0.05) is 12.6 Å². The van der Waals surface area contributed by atoms with Crippen molar-refractivity contribution in [3.05, 3.63) is 23.8 Å². The average Bonchev–Trinajstić information content (AvgIpc) is 2.39. The molecule has 1 aromatic rings. The Kier molecular flexibility index (Phi) is 4.16. The molecule has 106 valence electrons. The van der Waals surface area contributed by atoms with Crippen LogP contribution in [-0.4, -0.2) is 32.4 Å². The molecule has 1 aromatic carbocycles. The van der Waals surface area contributed by atoms with E-state index in [9.17, 15) is 8.42 Å². The van der Waals surface area contributed by atoms with Crippen LogP contribution >= 0.6 is 0 Å². The van der Waals surface area contributed by atoms with E-state index in [0.717, 1.165) is 24.8 Å². The van der Waals surface area contributed by atoms with Gasteiger partial charge in [-0.1, -0.05) is 12.5 Å². The summed E-state index contributed by atoms with van der Waals surface area (Å²) in [5.74, 6) is 0.420. The van der Waals surface area contributed by atoms with Crippen molar-refractivity contribution in [1.82, 2.24) is 4.31 Å². The predicted octanol–water partition coefficient (Wildman–Crippen LogP) is 2.57. The molecule has 0 aromatic heterocycles. The largest absolute Gasteiger partial charge is 0.495 e. The molecule has 4 nitrogen and oxygen atoms in total. The first kappa shape index (κ1) is 14.3. The van der Waals surface area contributed by atoms with Crippen molar-refractivity contribution in [3.8, 4) is 5.75 Å². The Labute approximate surface area is 115 Å². The second kappa shape index (κ2) is 5.51. The summed E-state index contributed by atoms with van der Waals surface area (Å²) >= 11 is 0. The molecule has 0 spiro atoms. The van der Waals surface area contributed by atoms with Crippen molar-refractivity contribution < 1.29 is 13.2 Å². The van der Waals surface area contributed by atoms with Gasteiger partial charge < -0.3 is 4.74 Å². The third kappa shape index (κ3) is 2.77. The maximum absolute atomic E-state index is 12.8. The van der Waals surface area contributed by atoms with Gasteiger partial charge in [-0.3, -0.25) is 0 Å². The Morgan fingerprint density at radius 3 is 2.68 bits per heavy atom. The molecule has 0 bridgehead atoms. The van der Waals surface area contributed by atoms with Crippen molar-refractivity contribution in [1.29, 1.82) is 0 Å². The number of benzene rings is 1. The van der Waals surface area contributed by atoms with Crippen molar-refractivity contribution in [2.45, 2.75) is 44.0 Å². The third-order valence-electron chi connectivity index (χ3n) is 3.65. The highest BCUT2D eigenvalue weighted by atomic mass is 32.2. The summed E-state index contributed by atoms with van der Waals surface area (Å²) in [7, 11) is -1.96. The monoisotopic (exact) mass is 283 g/mol. The summed E-state index contributed by atoms with van der Waals surface area (Å²) in [5, 5.41) is 0. The summed E-state index contributed by atoms with van der Waals surface area (Å²) in [5.41, 5.74) is 0.920. The number of sulfonamides is 1. The van der Waals surface area contributed by atoms with E-state index in [1.54, 1.807) is 16.4 Å². The smallest absolute Gasteiger partial charge is 0.247 e. The number of aryl methyl sites for hydroxylation is 1. The molecule has 1 fully saturated rings. The average molecular weight is 283 g/mol. The van der Waals surface area contributed by atoms with Crippen molar-refractivity contribution >= 4 is 10.0 Å². The minimum Gasteiger partial charge on any atom is -0.495 e. The van der Waals surface area contributed by atoms with Crippen LogP contribution in [0.2, 0.25) is 0 Å². The number of ether oxygens (including phenoxy) is 1. The van der Waals surface area contributed by atoms with E-state index in [0.29, 0.717) is 12.3 Å². The number of hydrogen-bond donors (Lipinski definition) is 0. The van der Waals surface area contributed by atoms with E-state index in [-0.39, 0.29) is 10.9 Å². The lowest BCUT2D eigenvalue weighted by Gasteiger charge is -2.32. The first-order chi connectivity index (χ1) is 8.96. The van der Waals surface area contributed by atoms with Gasteiger partial charge in [0.25, 0.3) is 0 Å². The number of piperidine rings is 1. The molecular formula is C14H21NO3S. The molecule has 0 aliphatic carbocycles. The van der Waals surface area contributed by atoms with Gasteiger partial charge in [0.2, 0.25) is 10.0 Å². The highest BCUT2D eigenvalue weighted by Gasteiger charge is 2.32. The van der Waals surface area contributed by atoms with Crippen LogP contribution in [-0.2, 0) is 10.0 Å². The summed E-state index contributed by atoms with van der Waals surface area (Å²) in [4.78, 5) is 0.281. The molecule has 5 heteroatoms. The molecule has 19 heavy (non-hydrogen) atoms. The Morgan fingerprint density at radius 1 is 1.32 bits per heavy atom. The van der Waals surface area contributed by atoms with Crippen LogP contribution < -0.4 is 4.74 Å². The van der Waals surface area contributed by atoms with Crippen LogP contribution in [0.4, 0.5) is 0 Å². The van der Waals surface area contributed by atoms with Crippen LogP contribution in [0.3, 0.4) is 0 Å². The minimum absolute atomic E-state index is 0.0592. The second-order valence-electron chi connectivity index (χ2n) is 5.11. The van der Waals surface area contributed by atoms with Gasteiger partial charge in [0.1, 0.15) is 10.6 Å². The quantitative estimate of drug-likeness (QED) is 0.856. The molecule has 2 rings (SSSR count). The molecule has 0 saturated carbocycles. The summed E-state index contributed by atoms with van der Waals surface area (Å²) in [6, 6.07) is 5.33.